The lowest BCUT2D eigenvalue weighted by molar-refractivity contribution is 0.278. The highest BCUT2D eigenvalue weighted by atomic mass is 79.9. The first-order valence-electron chi connectivity index (χ1n) is 5.70. The third-order valence-corrected chi connectivity index (χ3v) is 3.01. The first-order valence-corrected chi connectivity index (χ1v) is 6.50. The second-order valence-corrected chi connectivity index (χ2v) is 4.96. The number of anilines is 1. The summed E-state index contributed by atoms with van der Waals surface area (Å²) in [7, 11) is 0. The van der Waals surface area contributed by atoms with E-state index in [1.54, 1.807) is 0 Å². The highest BCUT2D eigenvalue weighted by Crippen LogP contribution is 2.25. The van der Waals surface area contributed by atoms with Gasteiger partial charge in [0, 0.05) is 22.4 Å². The number of nitrogens with zero attached hydrogens (tertiary/aromatic N) is 1. The van der Waals surface area contributed by atoms with E-state index in [0.717, 1.165) is 6.07 Å². The van der Waals surface area contributed by atoms with E-state index in [1.165, 1.54) is 29.0 Å². The van der Waals surface area contributed by atoms with Gasteiger partial charge in [-0.05, 0) is 18.2 Å². The van der Waals surface area contributed by atoms with Crippen LogP contribution in [-0.2, 0) is 6.54 Å². The minimum atomic E-state index is -1.06. The van der Waals surface area contributed by atoms with Gasteiger partial charge in [-0.15, -0.1) is 0 Å². The van der Waals surface area contributed by atoms with Crippen molar-refractivity contribution in [3.05, 3.63) is 56.9 Å². The van der Waals surface area contributed by atoms with E-state index in [9.17, 15) is 13.6 Å². The summed E-state index contributed by atoms with van der Waals surface area (Å²) in [4.78, 5) is 11.5. The molecule has 0 aliphatic heterocycles. The first kappa shape index (κ1) is 14.5. The average Bonchev–Trinajstić information content (AvgIpc) is 2.39. The Morgan fingerprint density at radius 3 is 2.80 bits per heavy atom. The third kappa shape index (κ3) is 3.36. The minimum Gasteiger partial charge on any atom is -0.488 e. The summed E-state index contributed by atoms with van der Waals surface area (Å²) >= 11 is 3.05. The molecule has 2 N–H and O–H groups in total. The quantitative estimate of drug-likeness (QED) is 0.867. The molecule has 2 aromatic rings. The Hall–Kier alpha value is -1.89. The average molecular weight is 345 g/mol. The van der Waals surface area contributed by atoms with E-state index in [0.29, 0.717) is 10.2 Å². The molecule has 0 aliphatic rings. The Kier molecular flexibility index (Phi) is 4.39. The van der Waals surface area contributed by atoms with Crippen molar-refractivity contribution >= 4 is 21.6 Å². The summed E-state index contributed by atoms with van der Waals surface area (Å²) in [6.45, 7) is 0.188. The van der Waals surface area contributed by atoms with E-state index in [2.05, 4.69) is 15.9 Å². The molecular formula is C13H11BrF2N2O2. The van der Waals surface area contributed by atoms with E-state index in [-0.39, 0.29) is 24.5 Å². The number of aromatic nitrogens is 1. The fourth-order valence-electron chi connectivity index (χ4n) is 1.62. The molecule has 7 heteroatoms. The molecule has 0 atom stereocenters. The number of ether oxygens (including phenoxy) is 1. The van der Waals surface area contributed by atoms with Crippen molar-refractivity contribution in [3.8, 4) is 5.75 Å². The van der Waals surface area contributed by atoms with Crippen LogP contribution < -0.4 is 16.0 Å². The van der Waals surface area contributed by atoms with Gasteiger partial charge in [0.25, 0.3) is 5.56 Å². The molecule has 0 saturated heterocycles. The fourth-order valence-corrected chi connectivity index (χ4v) is 2.02. The second kappa shape index (κ2) is 6.04. The zero-order valence-corrected chi connectivity index (χ0v) is 11.9. The maximum Gasteiger partial charge on any atom is 0.250 e. The summed E-state index contributed by atoms with van der Waals surface area (Å²) in [5, 5.41) is 0. The van der Waals surface area contributed by atoms with Crippen LogP contribution in [-0.4, -0.2) is 11.2 Å². The summed E-state index contributed by atoms with van der Waals surface area (Å²) in [6.07, 6.45) is 1.46. The van der Waals surface area contributed by atoms with Crippen molar-refractivity contribution in [2.75, 3.05) is 12.3 Å². The van der Waals surface area contributed by atoms with Gasteiger partial charge in [-0.25, -0.2) is 4.39 Å². The van der Waals surface area contributed by atoms with Crippen LogP contribution in [0, 0.1) is 11.6 Å². The van der Waals surface area contributed by atoms with Gasteiger partial charge in [0.2, 0.25) is 5.82 Å². The van der Waals surface area contributed by atoms with E-state index >= 15 is 0 Å². The van der Waals surface area contributed by atoms with Crippen LogP contribution in [0.4, 0.5) is 14.5 Å². The molecule has 0 radical (unpaired) electrons. The Labute approximate surface area is 121 Å². The van der Waals surface area contributed by atoms with E-state index in [4.69, 9.17) is 10.5 Å². The maximum absolute atomic E-state index is 13.4. The number of rotatable bonds is 4. The van der Waals surface area contributed by atoms with Crippen LogP contribution >= 0.6 is 15.9 Å². The van der Waals surface area contributed by atoms with Gasteiger partial charge < -0.3 is 15.0 Å². The molecule has 106 valence electrons. The van der Waals surface area contributed by atoms with Gasteiger partial charge in [0.1, 0.15) is 6.61 Å². The van der Waals surface area contributed by atoms with Crippen molar-refractivity contribution in [1.82, 2.24) is 4.57 Å². The lowest BCUT2D eigenvalue weighted by Gasteiger charge is -2.10. The van der Waals surface area contributed by atoms with Gasteiger partial charge in [0.15, 0.2) is 11.6 Å². The predicted octanol–water partition coefficient (Wildman–Crippen LogP) is 2.55. The van der Waals surface area contributed by atoms with E-state index < -0.39 is 11.6 Å². The molecule has 1 aromatic carbocycles. The lowest BCUT2D eigenvalue weighted by Crippen LogP contribution is -2.22. The number of benzene rings is 1. The van der Waals surface area contributed by atoms with Crippen molar-refractivity contribution in [2.24, 2.45) is 0 Å². The monoisotopic (exact) mass is 344 g/mol. The molecule has 0 unspecified atom stereocenters. The topological polar surface area (TPSA) is 57.2 Å². The van der Waals surface area contributed by atoms with Crippen LogP contribution in [0.5, 0.6) is 5.75 Å². The van der Waals surface area contributed by atoms with Crippen molar-refractivity contribution < 1.29 is 13.5 Å². The lowest BCUT2D eigenvalue weighted by atomic mass is 10.3. The molecule has 0 amide bonds. The third-order valence-electron chi connectivity index (χ3n) is 2.56. The van der Waals surface area contributed by atoms with Gasteiger partial charge in [-0.1, -0.05) is 15.9 Å². The Morgan fingerprint density at radius 1 is 1.30 bits per heavy atom. The Morgan fingerprint density at radius 2 is 2.05 bits per heavy atom. The summed E-state index contributed by atoms with van der Waals surface area (Å²) < 4.78 is 33.4. The largest absolute Gasteiger partial charge is 0.488 e. The smallest absolute Gasteiger partial charge is 0.250 e. The molecule has 0 saturated carbocycles. The van der Waals surface area contributed by atoms with E-state index in [1.807, 2.05) is 0 Å². The van der Waals surface area contributed by atoms with Crippen LogP contribution in [0.3, 0.4) is 0 Å². The summed E-state index contributed by atoms with van der Waals surface area (Å²) in [5.41, 5.74) is 5.75. The minimum absolute atomic E-state index is 0.0101. The van der Waals surface area contributed by atoms with Crippen LogP contribution in [0.15, 0.2) is 39.7 Å². The molecule has 4 nitrogen and oxygen atoms in total. The molecule has 0 spiro atoms. The zero-order chi connectivity index (χ0) is 14.7. The van der Waals surface area contributed by atoms with Gasteiger partial charge >= 0.3 is 0 Å². The predicted molar refractivity (Wildman–Crippen MR) is 74.7 cm³/mol. The number of hydrogen-bond donors (Lipinski definition) is 1. The standard InChI is InChI=1S/C13H11BrF2N2O2/c14-8-5-10(15)13(16)11(6-8)20-4-3-18-7-9(17)1-2-12(18)19/h1-2,5-7H,3-4,17H2. The molecule has 1 aromatic heterocycles. The molecule has 2 rings (SSSR count). The highest BCUT2D eigenvalue weighted by Gasteiger charge is 2.11. The summed E-state index contributed by atoms with van der Waals surface area (Å²) in [5.74, 6) is -2.28. The van der Waals surface area contributed by atoms with Crippen LogP contribution in [0.25, 0.3) is 0 Å². The highest BCUT2D eigenvalue weighted by molar-refractivity contribution is 9.10. The number of pyridine rings is 1. The Balaban J connectivity index is 2.07. The number of halogens is 3. The number of nitrogens with two attached hydrogens (primary N) is 1. The molecule has 0 aliphatic carbocycles. The second-order valence-electron chi connectivity index (χ2n) is 4.04. The van der Waals surface area contributed by atoms with Crippen molar-refractivity contribution in [2.45, 2.75) is 6.54 Å². The maximum atomic E-state index is 13.4. The zero-order valence-electron chi connectivity index (χ0n) is 10.3. The molecular weight excluding hydrogens is 334 g/mol. The van der Waals surface area contributed by atoms with Gasteiger partial charge in [-0.3, -0.25) is 4.79 Å². The molecule has 0 fully saturated rings. The first-order chi connectivity index (χ1) is 9.47. The molecule has 20 heavy (non-hydrogen) atoms. The van der Waals surface area contributed by atoms with Crippen LogP contribution in [0.2, 0.25) is 0 Å². The Bertz CT molecular complexity index is 689. The van der Waals surface area contributed by atoms with Crippen molar-refractivity contribution in [1.29, 1.82) is 0 Å². The molecule has 0 bridgehead atoms. The van der Waals surface area contributed by atoms with Gasteiger partial charge in [-0.2, -0.15) is 4.39 Å². The fraction of sp³-hybridized carbons (Fsp3) is 0.154. The van der Waals surface area contributed by atoms with Gasteiger partial charge in [0.05, 0.1) is 6.54 Å². The van der Waals surface area contributed by atoms with Crippen molar-refractivity contribution in [3.63, 3.8) is 0 Å². The normalized spacial score (nSPS) is 10.6. The number of hydrogen-bond acceptors (Lipinski definition) is 3. The number of nitrogen functional groups attached to an aromatic ring is 1. The molecule has 1 heterocycles. The SMILES string of the molecule is Nc1ccc(=O)n(CCOc2cc(Br)cc(F)c2F)c1. The summed E-state index contributed by atoms with van der Waals surface area (Å²) in [6, 6.07) is 5.14. The van der Waals surface area contributed by atoms with Crippen LogP contribution in [0.1, 0.15) is 0 Å².